The van der Waals surface area contributed by atoms with Gasteiger partial charge in [0.15, 0.2) is 0 Å². The largest absolute Gasteiger partial charge is 0.358 e. The van der Waals surface area contributed by atoms with E-state index in [2.05, 4.69) is 20.6 Å². The van der Waals surface area contributed by atoms with Gasteiger partial charge < -0.3 is 15.6 Å². The minimum atomic E-state index is -0.0202. The lowest BCUT2D eigenvalue weighted by Crippen LogP contribution is -2.31. The van der Waals surface area contributed by atoms with Gasteiger partial charge in [0.1, 0.15) is 0 Å². The van der Waals surface area contributed by atoms with Gasteiger partial charge in [-0.15, -0.1) is 0 Å². The zero-order chi connectivity index (χ0) is 9.68. The summed E-state index contributed by atoms with van der Waals surface area (Å²) in [7, 11) is 1.61. The van der Waals surface area contributed by atoms with E-state index in [1.807, 2.05) is 6.92 Å². The number of nitrogens with one attached hydrogen (secondary N) is 3. The second kappa shape index (κ2) is 4.61. The number of amides is 1. The first-order chi connectivity index (χ1) is 6.24. The van der Waals surface area contributed by atoms with Crippen molar-refractivity contribution in [3.8, 4) is 0 Å². The van der Waals surface area contributed by atoms with Gasteiger partial charge in [-0.3, -0.25) is 4.79 Å². The Balaban J connectivity index is 2.28. The van der Waals surface area contributed by atoms with Crippen molar-refractivity contribution < 1.29 is 4.79 Å². The van der Waals surface area contributed by atoms with Gasteiger partial charge in [0.25, 0.3) is 0 Å². The molecule has 5 nitrogen and oxygen atoms in total. The number of aromatic amines is 1. The maximum absolute atomic E-state index is 10.8. The summed E-state index contributed by atoms with van der Waals surface area (Å²) in [6.07, 6.45) is 1.65. The molecular formula is C8H14N4O. The van der Waals surface area contributed by atoms with Crippen LogP contribution in [0.15, 0.2) is 6.33 Å². The van der Waals surface area contributed by atoms with Crippen molar-refractivity contribution in [3.05, 3.63) is 17.7 Å². The number of aryl methyl sites for hydroxylation is 1. The SMILES string of the molecule is CNC(=O)CNCc1nc[nH]c1C. The number of hydrogen-bond acceptors (Lipinski definition) is 3. The Hall–Kier alpha value is -1.36. The number of imidazole rings is 1. The lowest BCUT2D eigenvalue weighted by molar-refractivity contribution is -0.119. The third kappa shape index (κ3) is 2.87. The number of aromatic nitrogens is 2. The summed E-state index contributed by atoms with van der Waals surface area (Å²) in [5.41, 5.74) is 1.98. The van der Waals surface area contributed by atoms with Crippen LogP contribution in [0.1, 0.15) is 11.4 Å². The smallest absolute Gasteiger partial charge is 0.233 e. The van der Waals surface area contributed by atoms with Crippen LogP contribution >= 0.6 is 0 Å². The van der Waals surface area contributed by atoms with Gasteiger partial charge >= 0.3 is 0 Å². The maximum atomic E-state index is 10.8. The summed E-state index contributed by atoms with van der Waals surface area (Å²) in [4.78, 5) is 17.9. The minimum absolute atomic E-state index is 0.0202. The fraction of sp³-hybridized carbons (Fsp3) is 0.500. The molecule has 0 radical (unpaired) electrons. The number of carbonyl (C=O) groups excluding carboxylic acids is 1. The summed E-state index contributed by atoms with van der Waals surface area (Å²) in [5, 5.41) is 5.51. The zero-order valence-electron chi connectivity index (χ0n) is 7.85. The molecule has 0 aromatic carbocycles. The second-order valence-corrected chi connectivity index (χ2v) is 2.75. The van der Waals surface area contributed by atoms with Crippen molar-refractivity contribution in [3.63, 3.8) is 0 Å². The van der Waals surface area contributed by atoms with Gasteiger partial charge in [-0.05, 0) is 6.92 Å². The number of rotatable bonds is 4. The Bertz CT molecular complexity index is 281. The van der Waals surface area contributed by atoms with E-state index in [1.165, 1.54) is 0 Å². The van der Waals surface area contributed by atoms with Gasteiger partial charge in [-0.1, -0.05) is 0 Å². The maximum Gasteiger partial charge on any atom is 0.233 e. The molecule has 1 rings (SSSR count). The van der Waals surface area contributed by atoms with Crippen molar-refractivity contribution in [2.24, 2.45) is 0 Å². The lowest BCUT2D eigenvalue weighted by Gasteiger charge is -2.01. The van der Waals surface area contributed by atoms with Crippen molar-refractivity contribution >= 4 is 5.91 Å². The van der Waals surface area contributed by atoms with Gasteiger partial charge in [0.2, 0.25) is 5.91 Å². The third-order valence-electron chi connectivity index (χ3n) is 1.79. The summed E-state index contributed by atoms with van der Waals surface area (Å²) >= 11 is 0. The van der Waals surface area contributed by atoms with Crippen LogP contribution in [0.4, 0.5) is 0 Å². The predicted molar refractivity (Wildman–Crippen MR) is 49.1 cm³/mol. The average molecular weight is 182 g/mol. The Morgan fingerprint density at radius 3 is 3.00 bits per heavy atom. The van der Waals surface area contributed by atoms with Crippen LogP contribution in [0.25, 0.3) is 0 Å². The fourth-order valence-corrected chi connectivity index (χ4v) is 0.948. The van der Waals surface area contributed by atoms with Gasteiger partial charge in [0, 0.05) is 19.3 Å². The highest BCUT2D eigenvalue weighted by molar-refractivity contribution is 5.77. The lowest BCUT2D eigenvalue weighted by atomic mass is 10.3. The Morgan fingerprint density at radius 2 is 2.46 bits per heavy atom. The van der Waals surface area contributed by atoms with E-state index in [9.17, 15) is 4.79 Å². The van der Waals surface area contributed by atoms with Crippen LogP contribution in [0, 0.1) is 6.92 Å². The Labute approximate surface area is 76.9 Å². The summed E-state index contributed by atoms with van der Waals surface area (Å²) in [6, 6.07) is 0. The summed E-state index contributed by atoms with van der Waals surface area (Å²) in [6.45, 7) is 2.88. The van der Waals surface area contributed by atoms with E-state index < -0.39 is 0 Å². The number of nitrogens with zero attached hydrogens (tertiary/aromatic N) is 1. The van der Waals surface area contributed by atoms with Crippen LogP contribution in [-0.4, -0.2) is 29.5 Å². The van der Waals surface area contributed by atoms with Crippen LogP contribution in [-0.2, 0) is 11.3 Å². The van der Waals surface area contributed by atoms with E-state index in [0.717, 1.165) is 11.4 Å². The van der Waals surface area contributed by atoms with Crippen molar-refractivity contribution in [1.29, 1.82) is 0 Å². The number of hydrogen-bond donors (Lipinski definition) is 3. The van der Waals surface area contributed by atoms with Crippen LogP contribution < -0.4 is 10.6 Å². The molecule has 0 saturated heterocycles. The Kier molecular flexibility index (Phi) is 3.45. The van der Waals surface area contributed by atoms with Crippen LogP contribution in [0.2, 0.25) is 0 Å². The van der Waals surface area contributed by atoms with E-state index in [-0.39, 0.29) is 5.91 Å². The highest BCUT2D eigenvalue weighted by Crippen LogP contribution is 1.98. The quantitative estimate of drug-likeness (QED) is 0.591. The number of likely N-dealkylation sites (N-methyl/N-ethyl adjacent to an activating group) is 1. The topological polar surface area (TPSA) is 69.8 Å². The molecule has 1 aromatic heterocycles. The van der Waals surface area contributed by atoms with Crippen LogP contribution in [0.5, 0.6) is 0 Å². The minimum Gasteiger partial charge on any atom is -0.358 e. The normalized spacial score (nSPS) is 10.0. The highest BCUT2D eigenvalue weighted by Gasteiger charge is 2.01. The van der Waals surface area contributed by atoms with Crippen molar-refractivity contribution in [2.45, 2.75) is 13.5 Å². The molecule has 1 heterocycles. The van der Waals surface area contributed by atoms with E-state index in [0.29, 0.717) is 13.1 Å². The van der Waals surface area contributed by atoms with E-state index in [4.69, 9.17) is 0 Å². The molecule has 5 heteroatoms. The molecule has 0 bridgehead atoms. The van der Waals surface area contributed by atoms with E-state index >= 15 is 0 Å². The molecule has 72 valence electrons. The first-order valence-electron chi connectivity index (χ1n) is 4.14. The molecule has 1 aromatic rings. The molecule has 0 aliphatic heterocycles. The molecule has 3 N–H and O–H groups in total. The fourth-order valence-electron chi connectivity index (χ4n) is 0.948. The molecule has 1 amide bonds. The molecule has 0 fully saturated rings. The molecule has 0 saturated carbocycles. The monoisotopic (exact) mass is 182 g/mol. The molecule has 0 spiro atoms. The third-order valence-corrected chi connectivity index (χ3v) is 1.79. The molecule has 0 aliphatic rings. The Morgan fingerprint density at radius 1 is 1.69 bits per heavy atom. The molecule has 0 aliphatic carbocycles. The first kappa shape index (κ1) is 9.73. The molecule has 0 unspecified atom stereocenters. The van der Waals surface area contributed by atoms with Gasteiger partial charge in [0.05, 0.1) is 18.6 Å². The number of H-pyrrole nitrogens is 1. The van der Waals surface area contributed by atoms with Gasteiger partial charge in [-0.2, -0.15) is 0 Å². The van der Waals surface area contributed by atoms with Crippen molar-refractivity contribution in [2.75, 3.05) is 13.6 Å². The average Bonchev–Trinajstić information content (AvgIpc) is 2.52. The zero-order valence-corrected chi connectivity index (χ0v) is 7.85. The van der Waals surface area contributed by atoms with Crippen molar-refractivity contribution in [1.82, 2.24) is 20.6 Å². The van der Waals surface area contributed by atoms with Crippen LogP contribution in [0.3, 0.4) is 0 Å². The van der Waals surface area contributed by atoms with Gasteiger partial charge in [-0.25, -0.2) is 4.98 Å². The molecule has 13 heavy (non-hydrogen) atoms. The molecule has 0 atom stereocenters. The standard InChI is InChI=1S/C8H14N4O/c1-6-7(12-5-11-6)3-10-4-8(13)9-2/h5,10H,3-4H2,1-2H3,(H,9,13)(H,11,12). The predicted octanol–water partition coefficient (Wildman–Crippen LogP) is -0.446. The molecular weight excluding hydrogens is 168 g/mol. The number of carbonyl (C=O) groups is 1. The first-order valence-corrected chi connectivity index (χ1v) is 4.14. The second-order valence-electron chi connectivity index (χ2n) is 2.75. The summed E-state index contributed by atoms with van der Waals surface area (Å²) < 4.78 is 0. The van der Waals surface area contributed by atoms with E-state index in [1.54, 1.807) is 13.4 Å². The highest BCUT2D eigenvalue weighted by atomic mass is 16.1. The summed E-state index contributed by atoms with van der Waals surface area (Å²) in [5.74, 6) is -0.0202.